The van der Waals surface area contributed by atoms with Gasteiger partial charge in [-0.1, -0.05) is 30.3 Å². The van der Waals surface area contributed by atoms with E-state index in [0.29, 0.717) is 32.0 Å². The van der Waals surface area contributed by atoms with Crippen LogP contribution in [0.3, 0.4) is 0 Å². The molecule has 0 aliphatic carbocycles. The lowest BCUT2D eigenvalue weighted by atomic mass is 9.81. The minimum absolute atomic E-state index is 0.0841. The molecule has 0 aromatic heterocycles. The van der Waals surface area contributed by atoms with E-state index in [9.17, 15) is 27.5 Å². The van der Waals surface area contributed by atoms with Crippen LogP contribution in [-0.2, 0) is 21.3 Å². The number of aliphatic hydroxyl groups is 1. The SMILES string of the molecule is CC1CC(OC(CO)c2cc(F)cc(C(F)(F)F)c2)(c2ccccc2)CCN1NC(=O)CN1CCCC1. The Labute approximate surface area is 214 Å². The van der Waals surface area contributed by atoms with E-state index in [-0.39, 0.29) is 17.5 Å². The van der Waals surface area contributed by atoms with Crippen molar-refractivity contribution < 1.29 is 32.2 Å². The van der Waals surface area contributed by atoms with E-state index in [1.165, 1.54) is 0 Å². The van der Waals surface area contributed by atoms with Gasteiger partial charge < -0.3 is 9.84 Å². The summed E-state index contributed by atoms with van der Waals surface area (Å²) >= 11 is 0. The second kappa shape index (κ2) is 11.5. The van der Waals surface area contributed by atoms with E-state index < -0.39 is 35.9 Å². The highest BCUT2D eigenvalue weighted by atomic mass is 19.4. The fourth-order valence-corrected chi connectivity index (χ4v) is 5.34. The molecule has 0 bridgehead atoms. The maximum absolute atomic E-state index is 14.1. The molecule has 10 heteroatoms. The number of amides is 1. The Kier molecular flexibility index (Phi) is 8.52. The molecule has 0 saturated carbocycles. The Bertz CT molecular complexity index is 1060. The molecule has 202 valence electrons. The number of hydrogen-bond donors (Lipinski definition) is 2. The number of ether oxygens (including phenoxy) is 1. The zero-order valence-electron chi connectivity index (χ0n) is 20.8. The van der Waals surface area contributed by atoms with Crippen LogP contribution in [0.25, 0.3) is 0 Å². The molecule has 2 saturated heterocycles. The van der Waals surface area contributed by atoms with Crippen molar-refractivity contribution in [3.8, 4) is 0 Å². The van der Waals surface area contributed by atoms with Crippen LogP contribution < -0.4 is 5.43 Å². The Balaban J connectivity index is 1.55. The summed E-state index contributed by atoms with van der Waals surface area (Å²) in [5.41, 5.74) is 1.61. The van der Waals surface area contributed by atoms with E-state index in [1.807, 2.05) is 42.3 Å². The Morgan fingerprint density at radius 3 is 2.49 bits per heavy atom. The fraction of sp³-hybridized carbons (Fsp3) is 0.519. The van der Waals surface area contributed by atoms with E-state index in [4.69, 9.17) is 4.74 Å². The van der Waals surface area contributed by atoms with Crippen LogP contribution in [0.1, 0.15) is 55.4 Å². The number of likely N-dealkylation sites (tertiary alicyclic amines) is 1. The third kappa shape index (κ3) is 6.67. The summed E-state index contributed by atoms with van der Waals surface area (Å²) in [4.78, 5) is 14.7. The summed E-state index contributed by atoms with van der Waals surface area (Å²) in [5.74, 6) is -1.14. The third-order valence-electron chi connectivity index (χ3n) is 7.20. The van der Waals surface area contributed by atoms with Gasteiger partial charge in [0.15, 0.2) is 0 Å². The molecule has 6 nitrogen and oxygen atoms in total. The van der Waals surface area contributed by atoms with Gasteiger partial charge in [-0.3, -0.25) is 15.1 Å². The van der Waals surface area contributed by atoms with Crippen molar-refractivity contribution in [2.24, 2.45) is 0 Å². The van der Waals surface area contributed by atoms with Crippen molar-refractivity contribution in [2.75, 3.05) is 32.8 Å². The molecule has 4 rings (SSSR count). The fourth-order valence-electron chi connectivity index (χ4n) is 5.34. The Morgan fingerprint density at radius 1 is 1.16 bits per heavy atom. The average Bonchev–Trinajstić information content (AvgIpc) is 3.37. The largest absolute Gasteiger partial charge is 0.416 e. The van der Waals surface area contributed by atoms with Crippen LogP contribution in [0.5, 0.6) is 0 Å². The highest BCUT2D eigenvalue weighted by molar-refractivity contribution is 5.77. The molecule has 1 amide bonds. The number of rotatable bonds is 8. The first kappa shape index (κ1) is 27.5. The second-order valence-electron chi connectivity index (χ2n) is 9.94. The number of piperidine rings is 1. The van der Waals surface area contributed by atoms with Crippen molar-refractivity contribution in [1.82, 2.24) is 15.3 Å². The summed E-state index contributed by atoms with van der Waals surface area (Å²) in [7, 11) is 0. The van der Waals surface area contributed by atoms with Gasteiger partial charge in [0.25, 0.3) is 0 Å². The van der Waals surface area contributed by atoms with Crippen molar-refractivity contribution in [3.63, 3.8) is 0 Å². The number of nitrogens with zero attached hydrogens (tertiary/aromatic N) is 2. The van der Waals surface area contributed by atoms with Crippen LogP contribution in [0.2, 0.25) is 0 Å². The maximum atomic E-state index is 14.1. The van der Waals surface area contributed by atoms with Crippen LogP contribution in [-0.4, -0.2) is 59.8 Å². The van der Waals surface area contributed by atoms with Crippen LogP contribution in [0, 0.1) is 5.82 Å². The van der Waals surface area contributed by atoms with E-state index in [1.54, 1.807) is 0 Å². The van der Waals surface area contributed by atoms with Crippen LogP contribution >= 0.6 is 0 Å². The highest BCUT2D eigenvalue weighted by Gasteiger charge is 2.43. The first-order valence-electron chi connectivity index (χ1n) is 12.6. The maximum Gasteiger partial charge on any atom is 0.416 e. The summed E-state index contributed by atoms with van der Waals surface area (Å²) in [6.07, 6.45) is -2.93. The van der Waals surface area contributed by atoms with Gasteiger partial charge in [-0.15, -0.1) is 0 Å². The van der Waals surface area contributed by atoms with Crippen molar-refractivity contribution in [1.29, 1.82) is 0 Å². The number of hydrogen-bond acceptors (Lipinski definition) is 5. The molecule has 2 N–H and O–H groups in total. The Hall–Kier alpha value is -2.53. The lowest BCUT2D eigenvalue weighted by Crippen LogP contribution is -2.57. The quantitative estimate of drug-likeness (QED) is 0.503. The molecular weight excluding hydrogens is 490 g/mol. The molecule has 2 heterocycles. The van der Waals surface area contributed by atoms with E-state index in [2.05, 4.69) is 10.3 Å². The predicted molar refractivity (Wildman–Crippen MR) is 130 cm³/mol. The summed E-state index contributed by atoms with van der Waals surface area (Å²) in [6.45, 7) is 3.89. The summed E-state index contributed by atoms with van der Waals surface area (Å²) in [6, 6.07) is 11.3. The molecule has 2 aliphatic heterocycles. The topological polar surface area (TPSA) is 65.0 Å². The molecule has 2 aliphatic rings. The van der Waals surface area contributed by atoms with Gasteiger partial charge in [-0.05, 0) is 75.0 Å². The standard InChI is InChI=1S/C27H33F4N3O3/c1-19-16-26(21-7-3-2-4-8-21,9-12-34(19)32-25(36)17-33-10-5-6-11-33)37-24(18-35)20-13-22(27(29,30)31)15-23(28)14-20/h2-4,7-8,13-15,19,24,35H,5-6,9-12,16-18H2,1H3,(H,32,36). The first-order chi connectivity index (χ1) is 17.6. The predicted octanol–water partition coefficient (Wildman–Crippen LogP) is 4.40. The van der Waals surface area contributed by atoms with Gasteiger partial charge in [0.1, 0.15) is 11.9 Å². The van der Waals surface area contributed by atoms with Gasteiger partial charge in [-0.2, -0.15) is 13.2 Å². The minimum atomic E-state index is -4.74. The number of hydrazine groups is 1. The van der Waals surface area contributed by atoms with E-state index >= 15 is 0 Å². The van der Waals surface area contributed by atoms with Crippen molar-refractivity contribution in [3.05, 3.63) is 71.0 Å². The third-order valence-corrected chi connectivity index (χ3v) is 7.20. The molecule has 37 heavy (non-hydrogen) atoms. The number of aliphatic hydroxyl groups excluding tert-OH is 1. The molecule has 2 aromatic carbocycles. The monoisotopic (exact) mass is 523 g/mol. The molecule has 3 atom stereocenters. The van der Waals surface area contributed by atoms with Crippen molar-refractivity contribution >= 4 is 5.91 Å². The lowest BCUT2D eigenvalue weighted by Gasteiger charge is -2.47. The number of carbonyl (C=O) groups is 1. The van der Waals surface area contributed by atoms with Crippen molar-refractivity contribution in [2.45, 2.75) is 56.5 Å². The van der Waals surface area contributed by atoms with Gasteiger partial charge in [0.05, 0.1) is 24.3 Å². The molecule has 2 aromatic rings. The summed E-state index contributed by atoms with van der Waals surface area (Å²) in [5, 5.41) is 12.0. The molecule has 3 unspecified atom stereocenters. The van der Waals surface area contributed by atoms with E-state index in [0.717, 1.165) is 43.6 Å². The van der Waals surface area contributed by atoms with Crippen LogP contribution in [0.4, 0.5) is 17.6 Å². The van der Waals surface area contributed by atoms with Gasteiger partial charge in [0, 0.05) is 12.6 Å². The zero-order valence-corrected chi connectivity index (χ0v) is 20.8. The lowest BCUT2D eigenvalue weighted by molar-refractivity contribution is -0.163. The smallest absolute Gasteiger partial charge is 0.393 e. The average molecular weight is 524 g/mol. The number of benzene rings is 2. The highest BCUT2D eigenvalue weighted by Crippen LogP contribution is 2.43. The number of nitrogens with one attached hydrogen (secondary N) is 1. The molecule has 0 radical (unpaired) electrons. The van der Waals surface area contributed by atoms with Gasteiger partial charge in [0.2, 0.25) is 5.91 Å². The molecular formula is C27H33F4N3O3. The normalized spacial score (nSPS) is 24.2. The van der Waals surface area contributed by atoms with Gasteiger partial charge >= 0.3 is 6.18 Å². The minimum Gasteiger partial charge on any atom is -0.393 e. The van der Waals surface area contributed by atoms with Gasteiger partial charge in [-0.25, -0.2) is 9.40 Å². The Morgan fingerprint density at radius 2 is 1.86 bits per heavy atom. The molecule has 2 fully saturated rings. The summed E-state index contributed by atoms with van der Waals surface area (Å²) < 4.78 is 60.6. The second-order valence-corrected chi connectivity index (χ2v) is 9.94. The number of alkyl halides is 3. The number of carbonyl (C=O) groups excluding carboxylic acids is 1. The number of halogens is 4. The first-order valence-corrected chi connectivity index (χ1v) is 12.6. The van der Waals surface area contributed by atoms with Crippen LogP contribution in [0.15, 0.2) is 48.5 Å². The zero-order chi connectivity index (χ0) is 26.6. The molecule has 0 spiro atoms.